The molecule has 0 unspecified atom stereocenters. The van der Waals surface area contributed by atoms with E-state index in [-0.39, 0.29) is 18.9 Å². The van der Waals surface area contributed by atoms with Crippen LogP contribution >= 0.6 is 0 Å². The summed E-state index contributed by atoms with van der Waals surface area (Å²) in [6, 6.07) is 15.1. The Bertz CT molecular complexity index is 941. The van der Waals surface area contributed by atoms with Gasteiger partial charge in [-0.25, -0.2) is 0 Å². The number of aliphatic hydroxyl groups excluding tert-OH is 1. The van der Waals surface area contributed by atoms with Crippen molar-refractivity contribution < 1.29 is 24.4 Å². The number of furan rings is 1. The largest absolute Gasteiger partial charge is 0.475 e. The Kier molecular flexibility index (Phi) is 7.09. The van der Waals surface area contributed by atoms with Gasteiger partial charge in [-0.05, 0) is 42.9 Å². The van der Waals surface area contributed by atoms with Crippen LogP contribution < -0.4 is 5.32 Å². The van der Waals surface area contributed by atoms with E-state index >= 15 is 0 Å². The predicted octanol–water partition coefficient (Wildman–Crippen LogP) is 2.34. The van der Waals surface area contributed by atoms with Crippen molar-refractivity contribution in [3.05, 3.63) is 71.5 Å². The van der Waals surface area contributed by atoms with Crippen LogP contribution in [0.2, 0.25) is 0 Å². The monoisotopic (exact) mass is 395 g/mol. The van der Waals surface area contributed by atoms with Gasteiger partial charge in [-0.15, -0.1) is 0 Å². The highest BCUT2D eigenvalue weighted by molar-refractivity contribution is 6.43. The second-order valence-electron chi connectivity index (χ2n) is 7.26. The van der Waals surface area contributed by atoms with Gasteiger partial charge < -0.3 is 24.9 Å². The van der Waals surface area contributed by atoms with Crippen molar-refractivity contribution in [3.8, 4) is 0 Å². The molecule has 2 atom stereocenters. The molecule has 152 valence electrons. The van der Waals surface area contributed by atoms with Crippen molar-refractivity contribution in [1.29, 1.82) is 0 Å². The second kappa shape index (κ2) is 9.74. The summed E-state index contributed by atoms with van der Waals surface area (Å²) in [4.78, 5) is 12.8. The van der Waals surface area contributed by atoms with Crippen LogP contribution in [0.3, 0.4) is 0 Å². The summed E-state index contributed by atoms with van der Waals surface area (Å²) in [5.74, 6) is -1.72. The topological polar surface area (TPSA) is 103 Å². The molecule has 3 rings (SSSR count). The SMILES string of the molecule is Cc1cccc2c(CC[C@H](NC(=O)[C@@H](CCO)c3ccccc3)B(O)O)coc12. The Morgan fingerprint density at radius 3 is 2.55 bits per heavy atom. The summed E-state index contributed by atoms with van der Waals surface area (Å²) in [5, 5.41) is 32.7. The van der Waals surface area contributed by atoms with Crippen LogP contribution in [0.1, 0.15) is 35.4 Å². The maximum Gasteiger partial charge on any atom is 0.475 e. The molecule has 1 amide bonds. The van der Waals surface area contributed by atoms with Crippen molar-refractivity contribution in [1.82, 2.24) is 5.32 Å². The lowest BCUT2D eigenvalue weighted by atomic mass is 9.75. The lowest BCUT2D eigenvalue weighted by Crippen LogP contribution is -2.48. The fourth-order valence-corrected chi connectivity index (χ4v) is 3.60. The summed E-state index contributed by atoms with van der Waals surface area (Å²) in [6.07, 6.45) is 2.80. The third kappa shape index (κ3) is 5.06. The summed E-state index contributed by atoms with van der Waals surface area (Å²) < 4.78 is 5.64. The van der Waals surface area contributed by atoms with Gasteiger partial charge in [0.1, 0.15) is 5.58 Å². The Hall–Kier alpha value is -2.61. The molecule has 29 heavy (non-hydrogen) atoms. The highest BCUT2D eigenvalue weighted by Gasteiger charge is 2.29. The molecule has 1 aromatic heterocycles. The van der Waals surface area contributed by atoms with Crippen LogP contribution in [0.25, 0.3) is 11.0 Å². The fourth-order valence-electron chi connectivity index (χ4n) is 3.60. The van der Waals surface area contributed by atoms with Crippen LogP contribution in [0, 0.1) is 6.92 Å². The number of carbonyl (C=O) groups excluding carboxylic acids is 1. The number of fused-ring (bicyclic) bond motifs is 1. The average molecular weight is 395 g/mol. The summed E-state index contributed by atoms with van der Waals surface area (Å²) >= 11 is 0. The van der Waals surface area contributed by atoms with Crippen molar-refractivity contribution in [2.24, 2.45) is 0 Å². The third-order valence-electron chi connectivity index (χ3n) is 5.23. The maximum absolute atomic E-state index is 12.8. The van der Waals surface area contributed by atoms with E-state index in [1.165, 1.54) is 0 Å². The van der Waals surface area contributed by atoms with E-state index in [2.05, 4.69) is 5.32 Å². The van der Waals surface area contributed by atoms with Gasteiger partial charge in [-0.3, -0.25) is 4.79 Å². The molecule has 2 aromatic carbocycles. The molecule has 1 heterocycles. The molecule has 0 aliphatic rings. The molecule has 6 nitrogen and oxygen atoms in total. The van der Waals surface area contributed by atoms with Crippen molar-refractivity contribution >= 4 is 24.0 Å². The van der Waals surface area contributed by atoms with Gasteiger partial charge in [-0.1, -0.05) is 48.5 Å². The van der Waals surface area contributed by atoms with Crippen LogP contribution in [-0.4, -0.2) is 40.7 Å². The Morgan fingerprint density at radius 2 is 1.86 bits per heavy atom. The number of para-hydroxylation sites is 1. The minimum absolute atomic E-state index is 0.139. The Balaban J connectivity index is 1.70. The zero-order valence-electron chi connectivity index (χ0n) is 16.4. The number of aryl methyl sites for hydroxylation is 2. The molecule has 0 aliphatic carbocycles. The van der Waals surface area contributed by atoms with E-state index < -0.39 is 19.0 Å². The molecule has 0 spiro atoms. The number of aliphatic hydroxyl groups is 1. The van der Waals surface area contributed by atoms with Crippen LogP contribution in [0.15, 0.2) is 59.2 Å². The minimum atomic E-state index is -1.69. The first kappa shape index (κ1) is 21.1. The average Bonchev–Trinajstić information content (AvgIpc) is 3.14. The van der Waals surface area contributed by atoms with E-state index in [0.29, 0.717) is 12.8 Å². The lowest BCUT2D eigenvalue weighted by molar-refractivity contribution is -0.123. The van der Waals surface area contributed by atoms with E-state index in [0.717, 1.165) is 27.7 Å². The normalized spacial score (nSPS) is 13.2. The number of benzene rings is 2. The molecule has 0 aliphatic heterocycles. The molecule has 0 fully saturated rings. The Morgan fingerprint density at radius 1 is 1.10 bits per heavy atom. The number of carbonyl (C=O) groups is 1. The van der Waals surface area contributed by atoms with Gasteiger partial charge in [0.25, 0.3) is 0 Å². The standard InChI is InChI=1S/C22H26BNO5/c1-15-6-5-9-18-17(14-29-21(15)18)10-11-20(23(27)28)24-22(26)19(12-13-25)16-7-3-2-4-8-16/h2-9,14,19-20,25,27-28H,10-13H2,1H3,(H,24,26)/t19-,20-/m0/s1. The summed E-state index contributed by atoms with van der Waals surface area (Å²) in [5.41, 5.74) is 3.59. The molecule has 0 saturated heterocycles. The maximum atomic E-state index is 12.8. The fraction of sp³-hybridized carbons (Fsp3) is 0.318. The molecule has 4 N–H and O–H groups in total. The number of nitrogens with one attached hydrogen (secondary N) is 1. The van der Waals surface area contributed by atoms with Crippen molar-refractivity contribution in [2.45, 2.75) is 38.0 Å². The predicted molar refractivity (Wildman–Crippen MR) is 112 cm³/mol. The molecular weight excluding hydrogens is 369 g/mol. The summed E-state index contributed by atoms with van der Waals surface area (Å²) in [6.45, 7) is 1.83. The number of rotatable bonds is 9. The number of hydrogen-bond acceptors (Lipinski definition) is 5. The van der Waals surface area contributed by atoms with Gasteiger partial charge in [-0.2, -0.15) is 0 Å². The van der Waals surface area contributed by atoms with E-state index in [1.54, 1.807) is 6.26 Å². The van der Waals surface area contributed by atoms with Gasteiger partial charge in [0.15, 0.2) is 0 Å². The quantitative estimate of drug-likeness (QED) is 0.417. The molecule has 0 radical (unpaired) electrons. The van der Waals surface area contributed by atoms with Crippen molar-refractivity contribution in [3.63, 3.8) is 0 Å². The zero-order valence-corrected chi connectivity index (χ0v) is 16.4. The number of hydrogen-bond donors (Lipinski definition) is 4. The lowest BCUT2D eigenvalue weighted by Gasteiger charge is -2.22. The van der Waals surface area contributed by atoms with E-state index in [9.17, 15) is 19.9 Å². The number of amides is 1. The summed E-state index contributed by atoms with van der Waals surface area (Å²) in [7, 11) is -1.69. The first-order chi connectivity index (χ1) is 14.0. The highest BCUT2D eigenvalue weighted by atomic mass is 16.4. The van der Waals surface area contributed by atoms with Gasteiger partial charge in [0, 0.05) is 12.0 Å². The minimum Gasteiger partial charge on any atom is -0.464 e. The highest BCUT2D eigenvalue weighted by Crippen LogP contribution is 2.26. The zero-order chi connectivity index (χ0) is 20.8. The van der Waals surface area contributed by atoms with Gasteiger partial charge in [0.2, 0.25) is 5.91 Å². The first-order valence-corrected chi connectivity index (χ1v) is 9.79. The molecule has 3 aromatic rings. The smallest absolute Gasteiger partial charge is 0.464 e. The van der Waals surface area contributed by atoms with Crippen LogP contribution in [0.5, 0.6) is 0 Å². The van der Waals surface area contributed by atoms with Gasteiger partial charge >= 0.3 is 7.12 Å². The Labute approximate surface area is 170 Å². The first-order valence-electron chi connectivity index (χ1n) is 9.79. The molecule has 0 saturated carbocycles. The molecular formula is C22H26BNO5. The van der Waals surface area contributed by atoms with Crippen molar-refractivity contribution in [2.75, 3.05) is 6.61 Å². The molecule has 7 heteroatoms. The van der Waals surface area contributed by atoms with Crippen LogP contribution in [-0.2, 0) is 11.2 Å². The van der Waals surface area contributed by atoms with Crippen LogP contribution in [0.4, 0.5) is 0 Å². The van der Waals surface area contributed by atoms with E-state index in [4.69, 9.17) is 4.42 Å². The van der Waals surface area contributed by atoms with E-state index in [1.807, 2.05) is 55.5 Å². The third-order valence-corrected chi connectivity index (χ3v) is 5.23. The van der Waals surface area contributed by atoms with Gasteiger partial charge in [0.05, 0.1) is 18.1 Å². The second-order valence-corrected chi connectivity index (χ2v) is 7.26. The molecule has 0 bridgehead atoms.